The summed E-state index contributed by atoms with van der Waals surface area (Å²) in [6, 6.07) is 12.3. The van der Waals surface area contributed by atoms with Gasteiger partial charge in [-0.1, -0.05) is 0 Å². The summed E-state index contributed by atoms with van der Waals surface area (Å²) in [4.78, 5) is 2.21. The van der Waals surface area contributed by atoms with Crippen LogP contribution in [0.2, 0.25) is 5.02 Å². The predicted molar refractivity (Wildman–Crippen MR) is 53.8 cm³/mol. The van der Waals surface area contributed by atoms with Crippen molar-refractivity contribution in [2.24, 2.45) is 0 Å². The Hall–Kier alpha value is -0.491. The van der Waals surface area contributed by atoms with Crippen molar-refractivity contribution in [1.82, 2.24) is 0 Å². The molecular formula is C10H7ClSe. The van der Waals surface area contributed by atoms with Crippen LogP contribution in [-0.2, 0) is 0 Å². The third kappa shape index (κ3) is 1.64. The molecule has 2 aromatic rings. The Bertz CT molecular complexity index is 365. The minimum atomic E-state index is 0.505. The maximum atomic E-state index is 5.88. The normalized spacial score (nSPS) is 10.1. The van der Waals surface area contributed by atoms with Gasteiger partial charge in [-0.3, -0.25) is 0 Å². The Morgan fingerprint density at radius 3 is 2.67 bits per heavy atom. The zero-order chi connectivity index (χ0) is 8.39. The van der Waals surface area contributed by atoms with Crippen molar-refractivity contribution in [1.29, 1.82) is 0 Å². The molecule has 1 heterocycles. The first kappa shape index (κ1) is 8.12. The molecule has 0 radical (unpaired) electrons. The monoisotopic (exact) mass is 242 g/mol. The van der Waals surface area contributed by atoms with Crippen LogP contribution in [-0.4, -0.2) is 14.5 Å². The Morgan fingerprint density at radius 2 is 2.00 bits per heavy atom. The van der Waals surface area contributed by atoms with E-state index in [1.165, 1.54) is 10.0 Å². The van der Waals surface area contributed by atoms with Crippen molar-refractivity contribution in [2.45, 2.75) is 0 Å². The summed E-state index contributed by atoms with van der Waals surface area (Å²) < 4.78 is 1.41. The minimum absolute atomic E-state index is 0.505. The molecule has 1 aromatic heterocycles. The van der Waals surface area contributed by atoms with Gasteiger partial charge in [0.15, 0.2) is 0 Å². The van der Waals surface area contributed by atoms with Crippen LogP contribution < -0.4 is 0 Å². The van der Waals surface area contributed by atoms with E-state index in [-0.39, 0.29) is 0 Å². The molecule has 0 aliphatic heterocycles. The summed E-state index contributed by atoms with van der Waals surface area (Å²) in [5.74, 6) is 0. The van der Waals surface area contributed by atoms with Gasteiger partial charge in [-0.25, -0.2) is 0 Å². The molecule has 0 aliphatic carbocycles. The summed E-state index contributed by atoms with van der Waals surface area (Å²) in [5.41, 5.74) is 1.26. The number of hydrogen-bond donors (Lipinski definition) is 0. The van der Waals surface area contributed by atoms with Crippen LogP contribution in [0.4, 0.5) is 0 Å². The summed E-state index contributed by atoms with van der Waals surface area (Å²) in [6.45, 7) is 0. The van der Waals surface area contributed by atoms with Gasteiger partial charge >= 0.3 is 82.5 Å². The first-order valence-electron chi connectivity index (χ1n) is 3.66. The fourth-order valence-corrected chi connectivity index (χ4v) is 2.79. The van der Waals surface area contributed by atoms with Crippen molar-refractivity contribution in [3.63, 3.8) is 0 Å². The first-order valence-corrected chi connectivity index (χ1v) is 5.88. The van der Waals surface area contributed by atoms with E-state index in [4.69, 9.17) is 11.6 Å². The van der Waals surface area contributed by atoms with Gasteiger partial charge in [-0.15, -0.1) is 0 Å². The van der Waals surface area contributed by atoms with Crippen LogP contribution in [0, 0.1) is 0 Å². The molecule has 0 unspecified atom stereocenters. The molecule has 60 valence electrons. The van der Waals surface area contributed by atoms with Crippen molar-refractivity contribution in [2.75, 3.05) is 0 Å². The van der Waals surface area contributed by atoms with Gasteiger partial charge in [-0.2, -0.15) is 0 Å². The van der Waals surface area contributed by atoms with E-state index >= 15 is 0 Å². The number of halogens is 1. The van der Waals surface area contributed by atoms with Crippen LogP contribution in [0.1, 0.15) is 0 Å². The standard InChI is InChI=1S/C10H7ClSe/c11-9-4-1-3-8(7-9)10-5-2-6-12-10/h1-7H. The average Bonchev–Trinajstić information content (AvgIpc) is 2.56. The van der Waals surface area contributed by atoms with Gasteiger partial charge in [0.1, 0.15) is 0 Å². The number of benzene rings is 1. The Kier molecular flexibility index (Phi) is 2.36. The zero-order valence-electron chi connectivity index (χ0n) is 6.33. The molecule has 0 bridgehead atoms. The zero-order valence-corrected chi connectivity index (χ0v) is 8.80. The molecule has 0 amide bonds. The summed E-state index contributed by atoms with van der Waals surface area (Å²) in [5, 5.41) is 0.816. The molecule has 0 nitrogen and oxygen atoms in total. The third-order valence-corrected chi connectivity index (χ3v) is 3.79. The number of rotatable bonds is 1. The summed E-state index contributed by atoms with van der Waals surface area (Å²) >= 11 is 6.39. The fraction of sp³-hybridized carbons (Fsp3) is 0. The van der Waals surface area contributed by atoms with Gasteiger partial charge in [-0.05, 0) is 0 Å². The van der Waals surface area contributed by atoms with Crippen molar-refractivity contribution < 1.29 is 0 Å². The maximum absolute atomic E-state index is 5.88. The van der Waals surface area contributed by atoms with Crippen LogP contribution in [0.25, 0.3) is 10.0 Å². The topological polar surface area (TPSA) is 0 Å². The fourth-order valence-electron chi connectivity index (χ4n) is 1.08. The van der Waals surface area contributed by atoms with Gasteiger partial charge in [0.25, 0.3) is 0 Å². The third-order valence-electron chi connectivity index (χ3n) is 1.63. The second-order valence-electron chi connectivity index (χ2n) is 2.49. The van der Waals surface area contributed by atoms with Gasteiger partial charge < -0.3 is 0 Å². The Balaban J connectivity index is 2.48. The van der Waals surface area contributed by atoms with Crippen molar-refractivity contribution in [3.05, 3.63) is 46.4 Å². The Morgan fingerprint density at radius 1 is 1.08 bits per heavy atom. The summed E-state index contributed by atoms with van der Waals surface area (Å²) in [7, 11) is 0. The van der Waals surface area contributed by atoms with Crippen molar-refractivity contribution >= 4 is 26.1 Å². The van der Waals surface area contributed by atoms with Crippen LogP contribution in [0.5, 0.6) is 0 Å². The molecule has 0 spiro atoms. The van der Waals surface area contributed by atoms with Crippen LogP contribution in [0.15, 0.2) is 41.3 Å². The molecule has 0 fully saturated rings. The second-order valence-corrected chi connectivity index (χ2v) is 4.91. The average molecular weight is 242 g/mol. The predicted octanol–water partition coefficient (Wildman–Crippen LogP) is 3.06. The summed E-state index contributed by atoms with van der Waals surface area (Å²) in [6.07, 6.45) is 0. The number of hydrogen-bond acceptors (Lipinski definition) is 0. The SMILES string of the molecule is Clc1cccc(-c2ccc[se]2)c1. The van der Waals surface area contributed by atoms with E-state index in [0.717, 1.165) is 5.02 Å². The van der Waals surface area contributed by atoms with Crippen LogP contribution >= 0.6 is 11.6 Å². The molecule has 0 saturated heterocycles. The molecule has 2 heteroatoms. The molecule has 2 rings (SSSR count). The van der Waals surface area contributed by atoms with E-state index < -0.39 is 0 Å². The molecule has 1 aromatic carbocycles. The van der Waals surface area contributed by atoms with Gasteiger partial charge in [0, 0.05) is 0 Å². The molecule has 0 atom stereocenters. The molecule has 0 aliphatic rings. The molecule has 0 N–H and O–H groups in total. The molecule has 12 heavy (non-hydrogen) atoms. The molecular weight excluding hydrogens is 235 g/mol. The van der Waals surface area contributed by atoms with Gasteiger partial charge in [0.05, 0.1) is 0 Å². The van der Waals surface area contributed by atoms with Gasteiger partial charge in [0.2, 0.25) is 0 Å². The van der Waals surface area contributed by atoms with E-state index in [9.17, 15) is 0 Å². The Labute approximate surface area is 82.5 Å². The van der Waals surface area contributed by atoms with E-state index in [1.54, 1.807) is 0 Å². The molecule has 0 saturated carbocycles. The van der Waals surface area contributed by atoms with Crippen molar-refractivity contribution in [3.8, 4) is 10.0 Å². The van der Waals surface area contributed by atoms with E-state index in [0.29, 0.717) is 14.5 Å². The van der Waals surface area contributed by atoms with E-state index in [1.807, 2.05) is 18.2 Å². The van der Waals surface area contributed by atoms with E-state index in [2.05, 4.69) is 23.1 Å². The first-order chi connectivity index (χ1) is 5.86. The second kappa shape index (κ2) is 3.49. The van der Waals surface area contributed by atoms with Crippen LogP contribution in [0.3, 0.4) is 0 Å². The quantitative estimate of drug-likeness (QED) is 0.673.